The zero-order chi connectivity index (χ0) is 20.1. The minimum absolute atomic E-state index is 0.328. The number of nitrogens with one attached hydrogen (secondary N) is 1. The number of rotatable bonds is 8. The van der Waals surface area contributed by atoms with Crippen LogP contribution in [0, 0.1) is 0 Å². The van der Waals surface area contributed by atoms with Crippen molar-refractivity contribution in [1.29, 1.82) is 0 Å². The Labute approximate surface area is 181 Å². The molecule has 3 rings (SSSR count). The Morgan fingerprint density at radius 1 is 1.14 bits per heavy atom. The number of ether oxygens (including phenoxy) is 2. The van der Waals surface area contributed by atoms with Gasteiger partial charge in [0, 0.05) is 13.1 Å². The zero-order valence-corrected chi connectivity index (χ0v) is 18.3. The van der Waals surface area contributed by atoms with Crippen molar-refractivity contribution in [3.63, 3.8) is 0 Å². The first kappa shape index (κ1) is 20.7. The third-order valence-electron chi connectivity index (χ3n) is 3.94. The minimum atomic E-state index is 0.328. The Kier molecular flexibility index (Phi) is 6.98. The second kappa shape index (κ2) is 9.45. The number of hydrogen-bond donors (Lipinski definition) is 1. The fourth-order valence-electron chi connectivity index (χ4n) is 2.53. The van der Waals surface area contributed by atoms with Gasteiger partial charge in [0.1, 0.15) is 6.61 Å². The zero-order valence-electron chi connectivity index (χ0n) is 15.2. The lowest BCUT2D eigenvalue weighted by Crippen LogP contribution is -2.08. The highest BCUT2D eigenvalue weighted by atomic mass is 79.9. The fraction of sp³-hybridized carbons (Fsp3) is 0.278. The van der Waals surface area contributed by atoms with Crippen LogP contribution in [0.4, 0.5) is 5.95 Å². The van der Waals surface area contributed by atoms with Crippen LogP contribution in [0.5, 0.6) is 11.5 Å². The summed E-state index contributed by atoms with van der Waals surface area (Å²) in [5.74, 6) is 1.83. The van der Waals surface area contributed by atoms with Crippen LogP contribution in [-0.2, 0) is 19.7 Å². The smallest absolute Gasteiger partial charge is 0.243 e. The first-order valence-corrected chi connectivity index (χ1v) is 9.99. The Balaban J connectivity index is 1.72. The predicted octanol–water partition coefficient (Wildman–Crippen LogP) is 4.96. The molecule has 0 amide bonds. The van der Waals surface area contributed by atoms with Gasteiger partial charge in [-0.25, -0.2) is 4.68 Å². The molecule has 0 bridgehead atoms. The van der Waals surface area contributed by atoms with E-state index in [1.165, 1.54) is 0 Å². The van der Waals surface area contributed by atoms with Crippen molar-refractivity contribution in [2.75, 3.05) is 12.4 Å². The highest BCUT2D eigenvalue weighted by molar-refractivity contribution is 9.10. The van der Waals surface area contributed by atoms with Gasteiger partial charge in [0.2, 0.25) is 5.95 Å². The molecular weight excluding hydrogens is 469 g/mol. The molecule has 0 atom stereocenters. The van der Waals surface area contributed by atoms with Gasteiger partial charge in [0.05, 0.1) is 21.6 Å². The molecule has 148 valence electrons. The van der Waals surface area contributed by atoms with Crippen molar-refractivity contribution in [3.05, 3.63) is 56.0 Å². The third kappa shape index (κ3) is 4.87. The van der Waals surface area contributed by atoms with Crippen molar-refractivity contribution in [3.8, 4) is 11.5 Å². The summed E-state index contributed by atoms with van der Waals surface area (Å²) in [6.07, 6.45) is 0. The monoisotopic (exact) mass is 485 g/mol. The van der Waals surface area contributed by atoms with Crippen molar-refractivity contribution in [1.82, 2.24) is 20.2 Å². The van der Waals surface area contributed by atoms with Gasteiger partial charge in [0.25, 0.3) is 0 Å². The van der Waals surface area contributed by atoms with Crippen LogP contribution >= 0.6 is 39.1 Å². The van der Waals surface area contributed by atoms with E-state index in [9.17, 15) is 0 Å². The van der Waals surface area contributed by atoms with Crippen LogP contribution in [0.2, 0.25) is 10.0 Å². The molecule has 0 unspecified atom stereocenters. The van der Waals surface area contributed by atoms with Gasteiger partial charge >= 0.3 is 0 Å². The predicted molar refractivity (Wildman–Crippen MR) is 112 cm³/mol. The first-order chi connectivity index (χ1) is 13.5. The van der Waals surface area contributed by atoms with Crippen LogP contribution in [0.3, 0.4) is 0 Å². The average molecular weight is 487 g/mol. The van der Waals surface area contributed by atoms with E-state index >= 15 is 0 Å². The van der Waals surface area contributed by atoms with Crippen LogP contribution in [0.25, 0.3) is 0 Å². The van der Waals surface area contributed by atoms with Gasteiger partial charge in [-0.1, -0.05) is 34.4 Å². The second-order valence-electron chi connectivity index (χ2n) is 5.82. The minimum Gasteiger partial charge on any atom is -0.493 e. The maximum Gasteiger partial charge on any atom is 0.243 e. The summed E-state index contributed by atoms with van der Waals surface area (Å²) in [5.41, 5.74) is 1.89. The normalized spacial score (nSPS) is 10.8. The molecule has 1 aromatic heterocycles. The first-order valence-electron chi connectivity index (χ1n) is 8.45. The van der Waals surface area contributed by atoms with E-state index in [1.807, 2.05) is 25.1 Å². The molecule has 1 heterocycles. The fourth-order valence-corrected chi connectivity index (χ4v) is 3.45. The highest BCUT2D eigenvalue weighted by Crippen LogP contribution is 2.37. The molecule has 0 aliphatic carbocycles. The Morgan fingerprint density at radius 2 is 1.96 bits per heavy atom. The summed E-state index contributed by atoms with van der Waals surface area (Å²) in [6, 6.07) is 9.25. The average Bonchev–Trinajstić information content (AvgIpc) is 3.15. The number of tetrazole rings is 1. The van der Waals surface area contributed by atoms with Crippen molar-refractivity contribution >= 4 is 45.1 Å². The number of anilines is 1. The van der Waals surface area contributed by atoms with Crippen LogP contribution in [-0.4, -0.2) is 27.3 Å². The summed E-state index contributed by atoms with van der Waals surface area (Å²) < 4.78 is 13.9. The Bertz CT molecular complexity index is 967. The number of aromatic nitrogens is 4. The maximum absolute atomic E-state index is 6.06. The summed E-state index contributed by atoms with van der Waals surface area (Å²) in [6.45, 7) is 3.52. The quantitative estimate of drug-likeness (QED) is 0.485. The summed E-state index contributed by atoms with van der Waals surface area (Å²) in [4.78, 5) is 0. The van der Waals surface area contributed by atoms with Crippen LogP contribution in [0.1, 0.15) is 18.1 Å². The van der Waals surface area contributed by atoms with E-state index in [2.05, 4.69) is 36.8 Å². The molecule has 0 fully saturated rings. The Hall–Kier alpha value is -2.03. The largest absolute Gasteiger partial charge is 0.493 e. The molecule has 1 N–H and O–H groups in total. The number of aryl methyl sites for hydroxylation is 1. The number of halogens is 3. The van der Waals surface area contributed by atoms with E-state index in [4.69, 9.17) is 32.7 Å². The highest BCUT2D eigenvalue weighted by Gasteiger charge is 2.13. The summed E-state index contributed by atoms with van der Waals surface area (Å²) >= 11 is 15.6. The van der Waals surface area contributed by atoms with E-state index in [-0.39, 0.29) is 0 Å². The molecule has 0 radical (unpaired) electrons. The lowest BCUT2D eigenvalue weighted by Gasteiger charge is -2.15. The van der Waals surface area contributed by atoms with Gasteiger partial charge in [-0.2, -0.15) is 0 Å². The van der Waals surface area contributed by atoms with Gasteiger partial charge in [-0.15, -0.1) is 0 Å². The molecule has 0 saturated carbocycles. The van der Waals surface area contributed by atoms with Gasteiger partial charge in [0.15, 0.2) is 11.5 Å². The lowest BCUT2D eigenvalue weighted by molar-refractivity contribution is 0.282. The molecule has 2 aromatic carbocycles. The second-order valence-corrected chi connectivity index (χ2v) is 7.49. The lowest BCUT2D eigenvalue weighted by atomic mass is 10.2. The molecule has 0 spiro atoms. The number of nitrogens with zero attached hydrogens (tertiary/aromatic N) is 4. The maximum atomic E-state index is 6.06. The van der Waals surface area contributed by atoms with E-state index in [0.29, 0.717) is 47.2 Å². The summed E-state index contributed by atoms with van der Waals surface area (Å²) in [7, 11) is 1.60. The van der Waals surface area contributed by atoms with Gasteiger partial charge in [-0.3, -0.25) is 0 Å². The number of hydrogen-bond acceptors (Lipinski definition) is 6. The molecule has 0 aliphatic rings. The molecule has 0 aliphatic heterocycles. The van der Waals surface area contributed by atoms with Crippen molar-refractivity contribution in [2.45, 2.75) is 26.6 Å². The number of methoxy groups -OCH3 is 1. The van der Waals surface area contributed by atoms with Crippen molar-refractivity contribution < 1.29 is 9.47 Å². The molecule has 7 nitrogen and oxygen atoms in total. The van der Waals surface area contributed by atoms with E-state index in [1.54, 1.807) is 23.9 Å². The van der Waals surface area contributed by atoms with Crippen LogP contribution in [0.15, 0.2) is 34.8 Å². The molecular formula is C18H18BrCl2N5O2. The third-order valence-corrected chi connectivity index (χ3v) is 5.27. The van der Waals surface area contributed by atoms with E-state index in [0.717, 1.165) is 15.6 Å². The van der Waals surface area contributed by atoms with Crippen LogP contribution < -0.4 is 14.8 Å². The summed E-state index contributed by atoms with van der Waals surface area (Å²) in [5, 5.41) is 15.7. The number of benzene rings is 2. The Morgan fingerprint density at radius 3 is 2.68 bits per heavy atom. The SMILES string of the molecule is CCn1nnnc1NCc1cc(Br)c(OCc2ccc(Cl)c(Cl)c2)c(OC)c1. The topological polar surface area (TPSA) is 74.1 Å². The molecule has 28 heavy (non-hydrogen) atoms. The molecule has 10 heteroatoms. The molecule has 3 aromatic rings. The van der Waals surface area contributed by atoms with E-state index < -0.39 is 0 Å². The van der Waals surface area contributed by atoms with Crippen molar-refractivity contribution in [2.24, 2.45) is 0 Å². The van der Waals surface area contributed by atoms with Gasteiger partial charge < -0.3 is 14.8 Å². The van der Waals surface area contributed by atoms with Gasteiger partial charge in [-0.05, 0) is 68.7 Å². The standard InChI is InChI=1S/C18H18BrCl2N5O2/c1-3-26-18(23-24-25-26)22-9-12-6-13(19)17(16(8-12)27-2)28-10-11-4-5-14(20)15(21)7-11/h4-8H,3,9-10H2,1-2H3,(H,22,23,25). The molecule has 0 saturated heterocycles.